The molecule has 0 atom stereocenters. The molecule has 0 N–H and O–H groups in total. The summed E-state index contributed by atoms with van der Waals surface area (Å²) in [6.07, 6.45) is 5.56. The summed E-state index contributed by atoms with van der Waals surface area (Å²) in [5.41, 5.74) is 4.62. The number of halogens is 1. The topological polar surface area (TPSA) is 43.2 Å². The van der Waals surface area contributed by atoms with E-state index in [9.17, 15) is 4.79 Å². The van der Waals surface area contributed by atoms with Gasteiger partial charge in [0, 0.05) is 41.5 Å². The number of aryl methyl sites for hydroxylation is 1. The number of fused-ring (bicyclic) bond motifs is 2. The van der Waals surface area contributed by atoms with Crippen molar-refractivity contribution in [3.05, 3.63) is 86.4 Å². The summed E-state index contributed by atoms with van der Waals surface area (Å²) >= 11 is 7.48. The Morgan fingerprint density at radius 1 is 1.17 bits per heavy atom. The van der Waals surface area contributed by atoms with Crippen molar-refractivity contribution in [1.29, 1.82) is 0 Å². The lowest BCUT2D eigenvalue weighted by Crippen LogP contribution is -2.40. The number of aromatic nitrogens is 4. The van der Waals surface area contributed by atoms with Gasteiger partial charge in [-0.25, -0.2) is 14.3 Å². The summed E-state index contributed by atoms with van der Waals surface area (Å²) in [6.45, 7) is 2.65. The molecule has 5 aromatic rings. The number of hydrogen-bond donors (Lipinski definition) is 0. The minimum Gasteiger partial charge on any atom is -0.347 e. The van der Waals surface area contributed by atoms with E-state index in [1.807, 2.05) is 49.8 Å². The fourth-order valence-electron chi connectivity index (χ4n) is 3.93. The summed E-state index contributed by atoms with van der Waals surface area (Å²) < 4.78 is 6.45. The second kappa shape index (κ2) is 6.83. The van der Waals surface area contributed by atoms with E-state index in [1.54, 1.807) is 10.6 Å². The minimum absolute atomic E-state index is 0.0290. The zero-order chi connectivity index (χ0) is 20.1. The van der Waals surface area contributed by atoms with Crippen LogP contribution in [-0.4, -0.2) is 14.0 Å². The summed E-state index contributed by atoms with van der Waals surface area (Å²) in [4.78, 5) is 18.6. The van der Waals surface area contributed by atoms with Gasteiger partial charge in [-0.15, -0.1) is 11.3 Å². The van der Waals surface area contributed by atoms with Gasteiger partial charge in [-0.2, -0.15) is 4.40 Å². The summed E-state index contributed by atoms with van der Waals surface area (Å²) in [5, 5.41) is 1.08. The lowest BCUT2D eigenvalue weighted by molar-refractivity contribution is -0.664. The Kier molecular flexibility index (Phi) is 4.26. The average Bonchev–Trinajstić information content (AvgIpc) is 3.25. The number of para-hydroxylation sites is 1. The molecule has 0 fully saturated rings. The zero-order valence-corrected chi connectivity index (χ0v) is 17.5. The van der Waals surface area contributed by atoms with Gasteiger partial charge < -0.3 is 4.57 Å². The smallest absolute Gasteiger partial charge is 0.347 e. The van der Waals surface area contributed by atoms with Crippen LogP contribution in [-0.2, 0) is 13.6 Å². The van der Waals surface area contributed by atoms with Crippen molar-refractivity contribution in [1.82, 2.24) is 14.0 Å². The van der Waals surface area contributed by atoms with E-state index < -0.39 is 0 Å². The molecule has 0 saturated heterocycles. The maximum atomic E-state index is 13.5. The first-order valence-corrected chi connectivity index (χ1v) is 10.4. The SMILES string of the molecule is Cc1c(-c2c[n+](Cc3cnc(Cl)s3)c3ccccn3c2=O)c2ccccc2n1C. The third kappa shape index (κ3) is 2.87. The van der Waals surface area contributed by atoms with E-state index in [2.05, 4.69) is 33.2 Å². The second-order valence-electron chi connectivity index (χ2n) is 7.02. The van der Waals surface area contributed by atoms with Crippen LogP contribution in [0.5, 0.6) is 0 Å². The monoisotopic (exact) mass is 421 g/mol. The third-order valence-electron chi connectivity index (χ3n) is 5.39. The molecule has 1 aromatic carbocycles. The maximum absolute atomic E-state index is 13.5. The maximum Gasteiger partial charge on any atom is 0.350 e. The first-order valence-electron chi connectivity index (χ1n) is 9.23. The summed E-state index contributed by atoms with van der Waals surface area (Å²) in [6, 6.07) is 13.9. The highest BCUT2D eigenvalue weighted by Gasteiger charge is 2.23. The van der Waals surface area contributed by atoms with Gasteiger partial charge in [0.2, 0.25) is 0 Å². The van der Waals surface area contributed by atoms with Gasteiger partial charge in [-0.1, -0.05) is 35.9 Å². The Bertz CT molecular complexity index is 1450. The number of pyridine rings is 1. The Balaban J connectivity index is 1.83. The molecule has 0 aliphatic carbocycles. The fourth-order valence-corrected chi connectivity index (χ4v) is 4.91. The molecular weight excluding hydrogens is 404 g/mol. The molecule has 0 saturated carbocycles. The first-order chi connectivity index (χ1) is 14.0. The number of rotatable bonds is 3. The van der Waals surface area contributed by atoms with E-state index >= 15 is 0 Å². The van der Waals surface area contributed by atoms with Crippen LogP contribution in [0, 0.1) is 6.92 Å². The highest BCUT2D eigenvalue weighted by Crippen LogP contribution is 2.32. The number of thiazole rings is 1. The Labute approximate surface area is 176 Å². The van der Waals surface area contributed by atoms with E-state index in [0.717, 1.165) is 32.7 Å². The van der Waals surface area contributed by atoms with E-state index in [-0.39, 0.29) is 5.56 Å². The standard InChI is InChI=1S/C22H18ClN4OS/c1-14-20(16-7-3-4-8-18(16)25(14)2)17-13-26(12-15-11-24-22(23)29-15)19-9-5-6-10-27(19)21(17)28/h3-11,13H,12H2,1-2H3/q+1. The van der Waals surface area contributed by atoms with Crippen LogP contribution < -0.4 is 10.1 Å². The van der Waals surface area contributed by atoms with Gasteiger partial charge in [-0.05, 0) is 19.1 Å². The molecule has 7 heteroatoms. The summed E-state index contributed by atoms with van der Waals surface area (Å²) in [5.74, 6) is 0. The van der Waals surface area contributed by atoms with Crippen LogP contribution in [0.3, 0.4) is 0 Å². The van der Waals surface area contributed by atoms with Crippen molar-refractivity contribution in [2.24, 2.45) is 7.05 Å². The van der Waals surface area contributed by atoms with Crippen molar-refractivity contribution in [2.45, 2.75) is 13.5 Å². The van der Waals surface area contributed by atoms with Gasteiger partial charge in [0.25, 0.3) is 5.65 Å². The van der Waals surface area contributed by atoms with Gasteiger partial charge in [0.15, 0.2) is 4.47 Å². The minimum atomic E-state index is -0.0290. The lowest BCUT2D eigenvalue weighted by Gasteiger charge is -2.07. The van der Waals surface area contributed by atoms with Gasteiger partial charge >= 0.3 is 5.56 Å². The fraction of sp³-hybridized carbons (Fsp3) is 0.136. The van der Waals surface area contributed by atoms with Crippen molar-refractivity contribution < 1.29 is 4.57 Å². The molecule has 0 radical (unpaired) electrons. The van der Waals surface area contributed by atoms with Gasteiger partial charge in [-0.3, -0.25) is 0 Å². The van der Waals surface area contributed by atoms with Crippen LogP contribution in [0.15, 0.2) is 65.8 Å². The van der Waals surface area contributed by atoms with Crippen LogP contribution >= 0.6 is 22.9 Å². The van der Waals surface area contributed by atoms with Crippen molar-refractivity contribution in [2.75, 3.05) is 0 Å². The molecule has 4 heterocycles. The molecule has 144 valence electrons. The Morgan fingerprint density at radius 3 is 2.76 bits per heavy atom. The number of nitrogens with zero attached hydrogens (tertiary/aromatic N) is 4. The van der Waals surface area contributed by atoms with Gasteiger partial charge in [0.05, 0.1) is 11.1 Å². The highest BCUT2D eigenvalue weighted by molar-refractivity contribution is 7.15. The second-order valence-corrected chi connectivity index (χ2v) is 8.72. The van der Waals surface area contributed by atoms with Gasteiger partial charge in [0.1, 0.15) is 18.3 Å². The normalized spacial score (nSPS) is 11.6. The molecule has 4 aromatic heterocycles. The predicted molar refractivity (Wildman–Crippen MR) is 117 cm³/mol. The number of benzene rings is 1. The van der Waals surface area contributed by atoms with Crippen LogP contribution in [0.4, 0.5) is 0 Å². The molecule has 29 heavy (non-hydrogen) atoms. The molecule has 5 rings (SSSR count). The Morgan fingerprint density at radius 2 is 1.97 bits per heavy atom. The number of hydrogen-bond acceptors (Lipinski definition) is 3. The molecular formula is C22H18ClN4OS+. The van der Waals surface area contributed by atoms with Crippen LogP contribution in [0.1, 0.15) is 10.6 Å². The van der Waals surface area contributed by atoms with E-state index in [1.165, 1.54) is 11.3 Å². The quantitative estimate of drug-likeness (QED) is 0.409. The third-order valence-corrected chi connectivity index (χ3v) is 6.49. The van der Waals surface area contributed by atoms with E-state index in [0.29, 0.717) is 16.6 Å². The first kappa shape index (κ1) is 18.1. The Hall–Kier alpha value is -2.96. The molecule has 0 amide bonds. The molecule has 0 aliphatic rings. The molecule has 0 bridgehead atoms. The van der Waals surface area contributed by atoms with Crippen molar-refractivity contribution >= 4 is 39.5 Å². The summed E-state index contributed by atoms with van der Waals surface area (Å²) in [7, 11) is 2.03. The van der Waals surface area contributed by atoms with Crippen molar-refractivity contribution in [3.8, 4) is 11.1 Å². The zero-order valence-electron chi connectivity index (χ0n) is 16.0. The average molecular weight is 422 g/mol. The highest BCUT2D eigenvalue weighted by atomic mass is 35.5. The molecule has 0 spiro atoms. The van der Waals surface area contributed by atoms with E-state index in [4.69, 9.17) is 11.6 Å². The van der Waals surface area contributed by atoms with Crippen LogP contribution in [0.25, 0.3) is 27.7 Å². The molecule has 0 aliphatic heterocycles. The largest absolute Gasteiger partial charge is 0.350 e. The van der Waals surface area contributed by atoms with Crippen molar-refractivity contribution in [3.63, 3.8) is 0 Å². The predicted octanol–water partition coefficient (Wildman–Crippen LogP) is 4.21. The molecule has 0 unspecified atom stereocenters. The van der Waals surface area contributed by atoms with Crippen LogP contribution in [0.2, 0.25) is 4.47 Å². The lowest BCUT2D eigenvalue weighted by atomic mass is 10.0. The molecule has 5 nitrogen and oxygen atoms in total.